The second-order valence-corrected chi connectivity index (χ2v) is 7.64. The molecule has 1 aliphatic heterocycles. The Morgan fingerprint density at radius 3 is 2.28 bits per heavy atom. The standard InChI is InChI=1S/C20H25FN2OS/c1-16-2-8-20(9-3-16)25-15-19(24)14-22-10-12-23(13-11-22)18-6-4-17(21)5-7-18/h2-9,19,24H,10-15H2,1H3. The van der Waals surface area contributed by atoms with Crippen LogP contribution in [0.1, 0.15) is 5.56 Å². The number of piperazine rings is 1. The van der Waals surface area contributed by atoms with Crippen molar-refractivity contribution in [1.29, 1.82) is 0 Å². The van der Waals surface area contributed by atoms with E-state index < -0.39 is 0 Å². The van der Waals surface area contributed by atoms with E-state index in [1.54, 1.807) is 11.8 Å². The summed E-state index contributed by atoms with van der Waals surface area (Å²) >= 11 is 1.70. The number of benzene rings is 2. The van der Waals surface area contributed by atoms with Crippen molar-refractivity contribution in [3.63, 3.8) is 0 Å². The zero-order chi connectivity index (χ0) is 17.6. The minimum absolute atomic E-state index is 0.198. The highest BCUT2D eigenvalue weighted by Gasteiger charge is 2.19. The van der Waals surface area contributed by atoms with Gasteiger partial charge in [-0.2, -0.15) is 0 Å². The number of nitrogens with zero attached hydrogens (tertiary/aromatic N) is 2. The Labute approximate surface area is 153 Å². The fraction of sp³-hybridized carbons (Fsp3) is 0.400. The summed E-state index contributed by atoms with van der Waals surface area (Å²) in [5, 5.41) is 10.3. The van der Waals surface area contributed by atoms with E-state index in [1.807, 2.05) is 12.1 Å². The number of anilines is 1. The van der Waals surface area contributed by atoms with E-state index >= 15 is 0 Å². The molecule has 2 aromatic rings. The van der Waals surface area contributed by atoms with Gasteiger partial charge in [0.1, 0.15) is 5.82 Å². The molecule has 1 fully saturated rings. The second-order valence-electron chi connectivity index (χ2n) is 6.54. The van der Waals surface area contributed by atoms with Crippen molar-refractivity contribution >= 4 is 17.4 Å². The number of hydrogen-bond acceptors (Lipinski definition) is 4. The van der Waals surface area contributed by atoms with Crippen molar-refractivity contribution in [3.05, 3.63) is 59.9 Å². The molecule has 0 spiro atoms. The minimum Gasteiger partial charge on any atom is -0.391 e. The number of aliphatic hydroxyl groups excluding tert-OH is 1. The molecule has 0 amide bonds. The number of thioether (sulfide) groups is 1. The first-order valence-corrected chi connectivity index (χ1v) is 9.69. The molecule has 5 heteroatoms. The summed E-state index contributed by atoms with van der Waals surface area (Å²) in [6, 6.07) is 15.1. The van der Waals surface area contributed by atoms with Gasteiger partial charge in [0.25, 0.3) is 0 Å². The van der Waals surface area contributed by atoms with E-state index in [0.29, 0.717) is 12.3 Å². The van der Waals surface area contributed by atoms with Crippen LogP contribution in [0.4, 0.5) is 10.1 Å². The van der Waals surface area contributed by atoms with E-state index in [0.717, 1.165) is 31.9 Å². The van der Waals surface area contributed by atoms with Crippen molar-refractivity contribution in [3.8, 4) is 0 Å². The molecule has 3 rings (SSSR count). The van der Waals surface area contributed by atoms with Crippen LogP contribution in [-0.2, 0) is 0 Å². The van der Waals surface area contributed by atoms with Gasteiger partial charge in [0.2, 0.25) is 0 Å². The van der Waals surface area contributed by atoms with E-state index in [1.165, 1.54) is 22.6 Å². The van der Waals surface area contributed by atoms with Gasteiger partial charge in [-0.1, -0.05) is 17.7 Å². The summed E-state index contributed by atoms with van der Waals surface area (Å²) in [4.78, 5) is 5.77. The fourth-order valence-corrected chi connectivity index (χ4v) is 3.84. The Hall–Kier alpha value is -1.56. The molecule has 1 unspecified atom stereocenters. The van der Waals surface area contributed by atoms with Crippen molar-refractivity contribution < 1.29 is 9.50 Å². The van der Waals surface area contributed by atoms with Gasteiger partial charge in [-0.05, 0) is 43.3 Å². The Balaban J connectivity index is 1.40. The van der Waals surface area contributed by atoms with Gasteiger partial charge in [0.05, 0.1) is 6.10 Å². The molecule has 0 aliphatic carbocycles. The highest BCUT2D eigenvalue weighted by Crippen LogP contribution is 2.20. The quantitative estimate of drug-likeness (QED) is 0.799. The lowest BCUT2D eigenvalue weighted by Crippen LogP contribution is -2.48. The summed E-state index contributed by atoms with van der Waals surface area (Å²) in [6.07, 6.45) is -0.330. The third kappa shape index (κ3) is 5.46. The Kier molecular flexibility index (Phi) is 6.34. The number of halogens is 1. The normalized spacial score (nSPS) is 16.8. The van der Waals surface area contributed by atoms with Crippen LogP contribution in [-0.4, -0.2) is 54.6 Å². The lowest BCUT2D eigenvalue weighted by atomic mass is 10.2. The summed E-state index contributed by atoms with van der Waals surface area (Å²) in [6.45, 7) is 6.44. The average Bonchev–Trinajstić information content (AvgIpc) is 2.63. The highest BCUT2D eigenvalue weighted by molar-refractivity contribution is 7.99. The summed E-state index contributed by atoms with van der Waals surface area (Å²) in [5.74, 6) is 0.512. The lowest BCUT2D eigenvalue weighted by molar-refractivity contribution is 0.126. The Morgan fingerprint density at radius 1 is 1.00 bits per heavy atom. The van der Waals surface area contributed by atoms with Crippen LogP contribution in [0.5, 0.6) is 0 Å². The topological polar surface area (TPSA) is 26.7 Å². The lowest BCUT2D eigenvalue weighted by Gasteiger charge is -2.36. The zero-order valence-electron chi connectivity index (χ0n) is 14.6. The Morgan fingerprint density at radius 2 is 1.64 bits per heavy atom. The third-order valence-corrected chi connectivity index (χ3v) is 5.65. The third-order valence-electron chi connectivity index (χ3n) is 4.50. The van der Waals surface area contributed by atoms with Crippen LogP contribution in [0.3, 0.4) is 0 Å². The predicted molar refractivity (Wildman–Crippen MR) is 103 cm³/mol. The first-order valence-electron chi connectivity index (χ1n) is 8.70. The molecule has 2 aromatic carbocycles. The number of aryl methyl sites for hydroxylation is 1. The van der Waals surface area contributed by atoms with Crippen LogP contribution in [0, 0.1) is 12.7 Å². The largest absolute Gasteiger partial charge is 0.391 e. The van der Waals surface area contributed by atoms with Crippen molar-refractivity contribution in [1.82, 2.24) is 4.90 Å². The zero-order valence-corrected chi connectivity index (χ0v) is 15.4. The molecule has 3 nitrogen and oxygen atoms in total. The summed E-state index contributed by atoms with van der Waals surface area (Å²) < 4.78 is 13.0. The molecule has 0 saturated carbocycles. The van der Waals surface area contributed by atoms with Gasteiger partial charge in [0, 0.05) is 49.1 Å². The molecule has 0 aromatic heterocycles. The van der Waals surface area contributed by atoms with E-state index in [-0.39, 0.29) is 11.9 Å². The van der Waals surface area contributed by atoms with Crippen LogP contribution < -0.4 is 4.90 Å². The molecule has 0 radical (unpaired) electrons. The van der Waals surface area contributed by atoms with Gasteiger partial charge < -0.3 is 10.0 Å². The second kappa shape index (κ2) is 8.70. The van der Waals surface area contributed by atoms with Crippen molar-refractivity contribution in [2.75, 3.05) is 43.4 Å². The molecule has 0 bridgehead atoms. The number of β-amino-alcohol motifs (C(OH)–C–C–N with tert-alkyl or cyclic N) is 1. The first kappa shape index (κ1) is 18.2. The Bertz CT molecular complexity index is 654. The van der Waals surface area contributed by atoms with Gasteiger partial charge in [-0.15, -0.1) is 11.8 Å². The monoisotopic (exact) mass is 360 g/mol. The maximum atomic E-state index is 13.0. The van der Waals surface area contributed by atoms with Gasteiger partial charge in [-0.25, -0.2) is 4.39 Å². The van der Waals surface area contributed by atoms with Gasteiger partial charge >= 0.3 is 0 Å². The molecule has 1 heterocycles. The fourth-order valence-electron chi connectivity index (χ4n) is 3.02. The first-order chi connectivity index (χ1) is 12.1. The molecule has 134 valence electrons. The number of rotatable bonds is 6. The number of aliphatic hydroxyl groups is 1. The molecular weight excluding hydrogens is 335 g/mol. The SMILES string of the molecule is Cc1ccc(SCC(O)CN2CCN(c3ccc(F)cc3)CC2)cc1. The van der Waals surface area contributed by atoms with Crippen molar-refractivity contribution in [2.24, 2.45) is 0 Å². The number of hydrogen-bond donors (Lipinski definition) is 1. The molecule has 1 aliphatic rings. The van der Waals surface area contributed by atoms with E-state index in [9.17, 15) is 9.50 Å². The molecule has 1 atom stereocenters. The molecule has 1 saturated heterocycles. The van der Waals surface area contributed by atoms with E-state index in [2.05, 4.69) is 41.0 Å². The summed E-state index contributed by atoms with van der Waals surface area (Å²) in [5.41, 5.74) is 2.32. The van der Waals surface area contributed by atoms with E-state index in [4.69, 9.17) is 0 Å². The van der Waals surface area contributed by atoms with Crippen molar-refractivity contribution in [2.45, 2.75) is 17.9 Å². The van der Waals surface area contributed by atoms with Crippen LogP contribution in [0.25, 0.3) is 0 Å². The maximum absolute atomic E-state index is 13.0. The van der Waals surface area contributed by atoms with Gasteiger partial charge in [0.15, 0.2) is 0 Å². The summed E-state index contributed by atoms with van der Waals surface area (Å²) in [7, 11) is 0. The predicted octanol–water partition coefficient (Wildman–Crippen LogP) is 3.41. The van der Waals surface area contributed by atoms with Crippen LogP contribution in [0.2, 0.25) is 0 Å². The van der Waals surface area contributed by atoms with Crippen LogP contribution in [0.15, 0.2) is 53.4 Å². The average molecular weight is 360 g/mol. The minimum atomic E-state index is -0.330. The van der Waals surface area contributed by atoms with Crippen LogP contribution >= 0.6 is 11.8 Å². The molecular formula is C20H25FN2OS. The molecule has 1 N–H and O–H groups in total. The van der Waals surface area contributed by atoms with Gasteiger partial charge in [-0.3, -0.25) is 4.90 Å². The smallest absolute Gasteiger partial charge is 0.123 e. The maximum Gasteiger partial charge on any atom is 0.123 e. The molecule has 25 heavy (non-hydrogen) atoms. The highest BCUT2D eigenvalue weighted by atomic mass is 32.2.